The molecule has 1 aliphatic heterocycles. The van der Waals surface area contributed by atoms with Crippen LogP contribution in [0.2, 0.25) is 0 Å². The van der Waals surface area contributed by atoms with Crippen LogP contribution >= 0.6 is 11.8 Å². The van der Waals surface area contributed by atoms with Gasteiger partial charge in [-0.1, -0.05) is 74.5 Å². The molecular formula is C27H28N2O2S. The van der Waals surface area contributed by atoms with Crippen LogP contribution in [0.5, 0.6) is 0 Å². The number of rotatable bonds is 7. The van der Waals surface area contributed by atoms with Gasteiger partial charge in [0.1, 0.15) is 5.37 Å². The Hall–Kier alpha value is -3.05. The average molecular weight is 445 g/mol. The quantitative estimate of drug-likeness (QED) is 0.498. The van der Waals surface area contributed by atoms with Crippen LogP contribution in [0, 0.1) is 0 Å². The number of anilines is 1. The maximum Gasteiger partial charge on any atom is 0.255 e. The standard InChI is InChI=1S/C27H28N2O2S/c1-3-20-11-8-12-21(4-2)25(20)28-26(31)22-13-15-23(16-14-22)27-29(24(30)18-32-27)17-19-9-6-5-7-10-19/h5-16,27H,3-4,17-18H2,1-2H3,(H,28,31)/t27-/m1/s1. The van der Waals surface area contributed by atoms with Crippen molar-refractivity contribution >= 4 is 29.3 Å². The fourth-order valence-corrected chi connectivity index (χ4v) is 5.26. The van der Waals surface area contributed by atoms with E-state index >= 15 is 0 Å². The van der Waals surface area contributed by atoms with E-state index in [9.17, 15) is 9.59 Å². The van der Waals surface area contributed by atoms with Gasteiger partial charge in [-0.05, 0) is 47.2 Å². The largest absolute Gasteiger partial charge is 0.322 e. The van der Waals surface area contributed by atoms with Gasteiger partial charge in [0.05, 0.1) is 5.75 Å². The van der Waals surface area contributed by atoms with Crippen LogP contribution in [0.25, 0.3) is 0 Å². The monoisotopic (exact) mass is 444 g/mol. The lowest BCUT2D eigenvalue weighted by Crippen LogP contribution is -2.27. The van der Waals surface area contributed by atoms with Crippen molar-refractivity contribution in [2.24, 2.45) is 0 Å². The molecule has 2 amide bonds. The topological polar surface area (TPSA) is 49.4 Å². The molecule has 3 aromatic carbocycles. The smallest absolute Gasteiger partial charge is 0.255 e. The summed E-state index contributed by atoms with van der Waals surface area (Å²) >= 11 is 1.63. The minimum Gasteiger partial charge on any atom is -0.322 e. The fourth-order valence-electron chi connectivity index (χ4n) is 4.07. The van der Waals surface area contributed by atoms with Crippen molar-refractivity contribution in [3.63, 3.8) is 0 Å². The number of hydrogen-bond acceptors (Lipinski definition) is 3. The summed E-state index contributed by atoms with van der Waals surface area (Å²) in [7, 11) is 0. The van der Waals surface area contributed by atoms with Gasteiger partial charge < -0.3 is 10.2 Å². The number of carbonyl (C=O) groups excluding carboxylic acids is 2. The second-order valence-electron chi connectivity index (χ2n) is 7.91. The highest BCUT2D eigenvalue weighted by Crippen LogP contribution is 2.39. The third-order valence-electron chi connectivity index (χ3n) is 5.86. The molecule has 0 aromatic heterocycles. The molecule has 4 nitrogen and oxygen atoms in total. The number of hydrogen-bond donors (Lipinski definition) is 1. The zero-order valence-electron chi connectivity index (χ0n) is 18.5. The molecule has 0 unspecified atom stereocenters. The Bertz CT molecular complexity index is 1070. The molecule has 164 valence electrons. The number of aryl methyl sites for hydroxylation is 2. The van der Waals surface area contributed by atoms with E-state index < -0.39 is 0 Å². The SMILES string of the molecule is CCc1cccc(CC)c1NC(=O)c1ccc([C@H]2SCC(=O)N2Cc2ccccc2)cc1. The molecule has 1 heterocycles. The van der Waals surface area contributed by atoms with Gasteiger partial charge in [0.2, 0.25) is 5.91 Å². The van der Waals surface area contributed by atoms with Crippen molar-refractivity contribution in [2.45, 2.75) is 38.6 Å². The number of nitrogens with one attached hydrogen (secondary N) is 1. The molecule has 1 N–H and O–H groups in total. The van der Waals surface area contributed by atoms with Crippen LogP contribution < -0.4 is 5.32 Å². The number of thioether (sulfide) groups is 1. The highest BCUT2D eigenvalue weighted by molar-refractivity contribution is 8.00. The summed E-state index contributed by atoms with van der Waals surface area (Å²) in [5.74, 6) is 0.519. The molecule has 32 heavy (non-hydrogen) atoms. The number of nitrogens with zero attached hydrogens (tertiary/aromatic N) is 1. The molecule has 0 spiro atoms. The van der Waals surface area contributed by atoms with Gasteiger partial charge >= 0.3 is 0 Å². The normalized spacial score (nSPS) is 15.8. The summed E-state index contributed by atoms with van der Waals surface area (Å²) in [5, 5.41) is 3.09. The molecule has 0 saturated carbocycles. The van der Waals surface area contributed by atoms with Crippen LogP contribution in [0.3, 0.4) is 0 Å². The van der Waals surface area contributed by atoms with E-state index in [-0.39, 0.29) is 17.2 Å². The molecule has 0 radical (unpaired) electrons. The van der Waals surface area contributed by atoms with Crippen LogP contribution in [0.4, 0.5) is 5.69 Å². The number of carbonyl (C=O) groups is 2. The zero-order valence-corrected chi connectivity index (χ0v) is 19.3. The lowest BCUT2D eigenvalue weighted by Gasteiger charge is -2.24. The van der Waals surface area contributed by atoms with Gasteiger partial charge in [-0.25, -0.2) is 0 Å². The van der Waals surface area contributed by atoms with E-state index in [2.05, 4.69) is 31.3 Å². The lowest BCUT2D eigenvalue weighted by atomic mass is 10.0. The van der Waals surface area contributed by atoms with Crippen molar-refractivity contribution in [3.05, 3.63) is 101 Å². The second-order valence-corrected chi connectivity index (χ2v) is 8.97. The van der Waals surface area contributed by atoms with E-state index in [1.807, 2.05) is 65.6 Å². The molecule has 1 aliphatic rings. The summed E-state index contributed by atoms with van der Waals surface area (Å²) in [5.41, 5.74) is 5.99. The van der Waals surface area contributed by atoms with Crippen molar-refractivity contribution in [3.8, 4) is 0 Å². The fraction of sp³-hybridized carbons (Fsp3) is 0.259. The Morgan fingerprint density at radius 2 is 1.59 bits per heavy atom. The highest BCUT2D eigenvalue weighted by Gasteiger charge is 2.32. The first-order chi connectivity index (χ1) is 15.6. The third-order valence-corrected chi connectivity index (χ3v) is 7.12. The average Bonchev–Trinajstić information content (AvgIpc) is 3.19. The van der Waals surface area contributed by atoms with Crippen LogP contribution in [-0.4, -0.2) is 22.5 Å². The van der Waals surface area contributed by atoms with Crippen molar-refractivity contribution < 1.29 is 9.59 Å². The first-order valence-electron chi connectivity index (χ1n) is 11.1. The van der Waals surface area contributed by atoms with E-state index in [0.717, 1.165) is 40.8 Å². The van der Waals surface area contributed by atoms with Gasteiger partial charge in [0.25, 0.3) is 5.91 Å². The molecule has 5 heteroatoms. The van der Waals surface area contributed by atoms with Gasteiger partial charge in [-0.15, -0.1) is 11.8 Å². The molecule has 1 atom stereocenters. The van der Waals surface area contributed by atoms with Crippen molar-refractivity contribution in [1.29, 1.82) is 0 Å². The van der Waals surface area contributed by atoms with Gasteiger partial charge in [0.15, 0.2) is 0 Å². The molecule has 0 bridgehead atoms. The molecule has 1 saturated heterocycles. The Kier molecular flexibility index (Phi) is 6.96. The van der Waals surface area contributed by atoms with E-state index in [1.165, 1.54) is 0 Å². The first-order valence-corrected chi connectivity index (χ1v) is 12.1. The molecule has 3 aromatic rings. The molecule has 4 rings (SSSR count). The van der Waals surface area contributed by atoms with Crippen LogP contribution in [-0.2, 0) is 24.2 Å². The summed E-state index contributed by atoms with van der Waals surface area (Å²) in [6.07, 6.45) is 1.74. The Balaban J connectivity index is 1.50. The molecule has 1 fully saturated rings. The van der Waals surface area contributed by atoms with Crippen molar-refractivity contribution in [2.75, 3.05) is 11.1 Å². The van der Waals surface area contributed by atoms with E-state index in [1.54, 1.807) is 11.8 Å². The minimum absolute atomic E-state index is 0.0349. The first kappa shape index (κ1) is 22.2. The molecule has 0 aliphatic carbocycles. The predicted molar refractivity (Wildman–Crippen MR) is 132 cm³/mol. The lowest BCUT2D eigenvalue weighted by molar-refractivity contribution is -0.128. The van der Waals surface area contributed by atoms with Crippen LogP contribution in [0.1, 0.15) is 51.8 Å². The maximum atomic E-state index is 13.0. The number of benzene rings is 3. The Morgan fingerprint density at radius 1 is 0.938 bits per heavy atom. The highest BCUT2D eigenvalue weighted by atomic mass is 32.2. The predicted octanol–water partition coefficient (Wildman–Crippen LogP) is 5.84. The Morgan fingerprint density at radius 3 is 2.22 bits per heavy atom. The van der Waals surface area contributed by atoms with Crippen LogP contribution in [0.15, 0.2) is 72.8 Å². The zero-order chi connectivity index (χ0) is 22.5. The number of amides is 2. The van der Waals surface area contributed by atoms with Gasteiger partial charge in [0, 0.05) is 17.8 Å². The summed E-state index contributed by atoms with van der Waals surface area (Å²) < 4.78 is 0. The van der Waals surface area contributed by atoms with Crippen molar-refractivity contribution in [1.82, 2.24) is 4.90 Å². The van der Waals surface area contributed by atoms with E-state index in [4.69, 9.17) is 0 Å². The van der Waals surface area contributed by atoms with E-state index in [0.29, 0.717) is 17.9 Å². The summed E-state index contributed by atoms with van der Waals surface area (Å²) in [6, 6.07) is 23.9. The molecular weight excluding hydrogens is 416 g/mol. The third kappa shape index (κ3) is 4.73. The maximum absolute atomic E-state index is 13.0. The second kappa shape index (κ2) is 10.0. The van der Waals surface area contributed by atoms with Gasteiger partial charge in [-0.2, -0.15) is 0 Å². The Labute approximate surface area is 194 Å². The van der Waals surface area contributed by atoms with Gasteiger partial charge in [-0.3, -0.25) is 9.59 Å². The minimum atomic E-state index is -0.108. The summed E-state index contributed by atoms with van der Waals surface area (Å²) in [6.45, 7) is 4.79. The summed E-state index contributed by atoms with van der Waals surface area (Å²) in [4.78, 5) is 27.4. The number of para-hydroxylation sites is 1.